The number of carbonyl (C=O) groups is 1. The average Bonchev–Trinajstić information content (AvgIpc) is 3.15. The Kier molecular flexibility index (Phi) is 4.72. The van der Waals surface area contributed by atoms with Crippen LogP contribution in [0.4, 0.5) is 0 Å². The summed E-state index contributed by atoms with van der Waals surface area (Å²) in [6.45, 7) is 3.33. The van der Waals surface area contributed by atoms with E-state index in [1.165, 1.54) is 12.8 Å². The van der Waals surface area contributed by atoms with Crippen molar-refractivity contribution < 1.29 is 9.53 Å². The van der Waals surface area contributed by atoms with Crippen molar-refractivity contribution in [2.24, 2.45) is 0 Å². The van der Waals surface area contributed by atoms with Crippen molar-refractivity contribution in [2.45, 2.75) is 25.0 Å². The molecule has 2 aliphatic rings. The Morgan fingerprint density at radius 1 is 1.24 bits per heavy atom. The van der Waals surface area contributed by atoms with Gasteiger partial charge in [-0.25, -0.2) is 9.97 Å². The van der Waals surface area contributed by atoms with Crippen molar-refractivity contribution in [3.05, 3.63) is 48.3 Å². The van der Waals surface area contributed by atoms with Gasteiger partial charge in [-0.1, -0.05) is 30.3 Å². The molecule has 25 heavy (non-hydrogen) atoms. The number of morpholine rings is 1. The predicted octanol–water partition coefficient (Wildman–Crippen LogP) is 1.74. The molecule has 2 aromatic rings. The van der Waals surface area contributed by atoms with E-state index in [-0.39, 0.29) is 12.0 Å². The zero-order valence-corrected chi connectivity index (χ0v) is 14.1. The second kappa shape index (κ2) is 7.29. The summed E-state index contributed by atoms with van der Waals surface area (Å²) in [5.74, 6) is 0.458. The zero-order chi connectivity index (χ0) is 17.1. The fourth-order valence-corrected chi connectivity index (χ4v) is 3.50. The van der Waals surface area contributed by atoms with Gasteiger partial charge in [0.15, 0.2) is 5.82 Å². The summed E-state index contributed by atoms with van der Waals surface area (Å²) in [5, 5.41) is 2.94. The van der Waals surface area contributed by atoms with Crippen LogP contribution < -0.4 is 5.32 Å². The molecule has 1 amide bonds. The Labute approximate surface area is 147 Å². The Balaban J connectivity index is 1.32. The van der Waals surface area contributed by atoms with Gasteiger partial charge in [-0.2, -0.15) is 0 Å². The minimum atomic E-state index is -0.160. The molecule has 0 unspecified atom stereocenters. The molecular formula is C19H22N4O2. The maximum absolute atomic E-state index is 12.3. The zero-order valence-electron chi connectivity index (χ0n) is 14.1. The fourth-order valence-electron chi connectivity index (χ4n) is 3.50. The molecule has 2 aliphatic heterocycles. The molecule has 0 aliphatic carbocycles. The van der Waals surface area contributed by atoms with Gasteiger partial charge in [-0.15, -0.1) is 0 Å². The highest BCUT2D eigenvalue weighted by molar-refractivity contribution is 5.93. The maximum Gasteiger partial charge on any atom is 0.254 e. The van der Waals surface area contributed by atoms with Crippen LogP contribution in [0.2, 0.25) is 0 Å². The molecular weight excluding hydrogens is 316 g/mol. The highest BCUT2D eigenvalue weighted by atomic mass is 16.5. The number of nitrogens with one attached hydrogen (secondary N) is 1. The number of fused-ring (bicyclic) bond motifs is 1. The Bertz CT molecular complexity index is 720. The summed E-state index contributed by atoms with van der Waals surface area (Å²) in [4.78, 5) is 23.4. The van der Waals surface area contributed by atoms with Crippen molar-refractivity contribution in [2.75, 3.05) is 26.2 Å². The van der Waals surface area contributed by atoms with Crippen LogP contribution in [0.25, 0.3) is 11.4 Å². The summed E-state index contributed by atoms with van der Waals surface area (Å²) in [7, 11) is 0. The molecule has 130 valence electrons. The van der Waals surface area contributed by atoms with E-state index in [4.69, 9.17) is 4.74 Å². The number of benzene rings is 1. The normalized spacial score (nSPS) is 23.2. The molecule has 0 radical (unpaired) electrons. The van der Waals surface area contributed by atoms with Crippen LogP contribution in [-0.4, -0.2) is 59.2 Å². The van der Waals surface area contributed by atoms with Gasteiger partial charge in [-0.3, -0.25) is 9.69 Å². The standard InChI is InChI=1S/C19H22N4O2/c24-19(22-11-17-12-23-8-4-7-16(23)13-25-17)15-9-20-18(21-10-15)14-5-2-1-3-6-14/h1-3,5-6,9-10,16-17H,4,7-8,11-13H2,(H,22,24)/t16-,17+/m0/s1. The van der Waals surface area contributed by atoms with E-state index in [1.54, 1.807) is 12.4 Å². The van der Waals surface area contributed by atoms with Gasteiger partial charge < -0.3 is 10.1 Å². The van der Waals surface area contributed by atoms with Gasteiger partial charge >= 0.3 is 0 Å². The van der Waals surface area contributed by atoms with E-state index >= 15 is 0 Å². The molecule has 1 aromatic carbocycles. The quantitative estimate of drug-likeness (QED) is 0.920. The second-order valence-corrected chi connectivity index (χ2v) is 6.62. The minimum absolute atomic E-state index is 0.0582. The summed E-state index contributed by atoms with van der Waals surface area (Å²) < 4.78 is 5.87. The van der Waals surface area contributed by atoms with Crippen LogP contribution in [-0.2, 0) is 4.74 Å². The van der Waals surface area contributed by atoms with E-state index in [9.17, 15) is 4.79 Å². The molecule has 1 N–H and O–H groups in total. The van der Waals surface area contributed by atoms with Gasteiger partial charge in [-0.05, 0) is 19.4 Å². The monoisotopic (exact) mass is 338 g/mol. The number of hydrogen-bond donors (Lipinski definition) is 1. The topological polar surface area (TPSA) is 67.4 Å². The number of aromatic nitrogens is 2. The Morgan fingerprint density at radius 2 is 2.04 bits per heavy atom. The van der Waals surface area contributed by atoms with Gasteiger partial charge in [0.25, 0.3) is 5.91 Å². The van der Waals surface area contributed by atoms with E-state index in [0.29, 0.717) is 24.0 Å². The lowest BCUT2D eigenvalue weighted by Crippen LogP contribution is -2.50. The smallest absolute Gasteiger partial charge is 0.254 e. The van der Waals surface area contributed by atoms with Gasteiger partial charge in [0.2, 0.25) is 0 Å². The van der Waals surface area contributed by atoms with Crippen LogP contribution in [0.15, 0.2) is 42.7 Å². The first-order chi connectivity index (χ1) is 12.3. The summed E-state index contributed by atoms with van der Waals surface area (Å²) in [6, 6.07) is 10.3. The van der Waals surface area contributed by atoms with E-state index < -0.39 is 0 Å². The number of hydrogen-bond acceptors (Lipinski definition) is 5. The van der Waals surface area contributed by atoms with Crippen molar-refractivity contribution >= 4 is 5.91 Å². The third kappa shape index (κ3) is 3.70. The summed E-state index contributed by atoms with van der Waals surface area (Å²) >= 11 is 0. The van der Waals surface area contributed by atoms with Crippen molar-refractivity contribution in [3.8, 4) is 11.4 Å². The molecule has 0 bridgehead atoms. The molecule has 4 rings (SSSR count). The summed E-state index contributed by atoms with van der Waals surface area (Å²) in [5.41, 5.74) is 1.40. The van der Waals surface area contributed by atoms with Crippen molar-refractivity contribution in [3.63, 3.8) is 0 Å². The Morgan fingerprint density at radius 3 is 2.84 bits per heavy atom. The lowest BCUT2D eigenvalue weighted by molar-refractivity contribution is -0.0461. The lowest BCUT2D eigenvalue weighted by atomic mass is 10.2. The first-order valence-electron chi connectivity index (χ1n) is 8.81. The highest BCUT2D eigenvalue weighted by Gasteiger charge is 2.32. The predicted molar refractivity (Wildman–Crippen MR) is 94.1 cm³/mol. The number of amides is 1. The van der Waals surface area contributed by atoms with Crippen molar-refractivity contribution in [1.29, 1.82) is 0 Å². The first kappa shape index (κ1) is 16.2. The first-order valence-corrected chi connectivity index (χ1v) is 8.81. The molecule has 2 fully saturated rings. The van der Waals surface area contributed by atoms with Crippen LogP contribution in [0, 0.1) is 0 Å². The number of rotatable bonds is 4. The van der Waals surface area contributed by atoms with Crippen LogP contribution in [0.5, 0.6) is 0 Å². The third-order valence-electron chi connectivity index (χ3n) is 4.90. The van der Waals surface area contributed by atoms with E-state index in [0.717, 1.165) is 25.3 Å². The second-order valence-electron chi connectivity index (χ2n) is 6.62. The molecule has 0 saturated carbocycles. The van der Waals surface area contributed by atoms with Crippen LogP contribution in [0.3, 0.4) is 0 Å². The number of nitrogens with zero attached hydrogens (tertiary/aromatic N) is 3. The lowest BCUT2D eigenvalue weighted by Gasteiger charge is -2.35. The van der Waals surface area contributed by atoms with Crippen LogP contribution >= 0.6 is 0 Å². The summed E-state index contributed by atoms with van der Waals surface area (Å²) in [6.07, 6.45) is 5.68. The highest BCUT2D eigenvalue weighted by Crippen LogP contribution is 2.22. The molecule has 1 aromatic heterocycles. The fraction of sp³-hybridized carbons (Fsp3) is 0.421. The van der Waals surface area contributed by atoms with Gasteiger partial charge in [0.1, 0.15) is 0 Å². The number of carbonyl (C=O) groups excluding carboxylic acids is 1. The maximum atomic E-state index is 12.3. The molecule has 6 heteroatoms. The van der Waals surface area contributed by atoms with Gasteiger partial charge in [0.05, 0.1) is 18.3 Å². The van der Waals surface area contributed by atoms with E-state index in [2.05, 4.69) is 20.2 Å². The minimum Gasteiger partial charge on any atom is -0.373 e. The largest absolute Gasteiger partial charge is 0.373 e. The Hall–Kier alpha value is -2.31. The molecule has 3 heterocycles. The van der Waals surface area contributed by atoms with E-state index in [1.807, 2.05) is 30.3 Å². The van der Waals surface area contributed by atoms with Crippen LogP contribution in [0.1, 0.15) is 23.2 Å². The average molecular weight is 338 g/mol. The molecule has 2 atom stereocenters. The van der Waals surface area contributed by atoms with Crippen molar-refractivity contribution in [1.82, 2.24) is 20.2 Å². The number of ether oxygens (including phenoxy) is 1. The SMILES string of the molecule is O=C(NC[C@@H]1CN2CCC[C@H]2CO1)c1cnc(-c2ccccc2)nc1. The molecule has 6 nitrogen and oxygen atoms in total. The van der Waals surface area contributed by atoms with Gasteiger partial charge in [0, 0.05) is 37.1 Å². The molecule has 2 saturated heterocycles. The molecule has 0 spiro atoms. The third-order valence-corrected chi connectivity index (χ3v) is 4.90.